The van der Waals surface area contributed by atoms with Crippen molar-refractivity contribution in [2.75, 3.05) is 6.61 Å². The first-order chi connectivity index (χ1) is 9.95. The molecule has 3 N–H and O–H groups in total. The number of nitrogens with zero attached hydrogens (tertiary/aromatic N) is 1. The molecule has 0 radical (unpaired) electrons. The third kappa shape index (κ3) is 3.39. The van der Waals surface area contributed by atoms with Crippen molar-refractivity contribution in [3.05, 3.63) is 41.4 Å². The van der Waals surface area contributed by atoms with Crippen molar-refractivity contribution in [2.24, 2.45) is 16.3 Å². The Morgan fingerprint density at radius 2 is 1.90 bits per heavy atom. The minimum absolute atomic E-state index is 0.201. The van der Waals surface area contributed by atoms with Gasteiger partial charge in [0, 0.05) is 21.2 Å². The average Bonchev–Trinajstić information content (AvgIpc) is 2.49. The van der Waals surface area contributed by atoms with E-state index in [0.29, 0.717) is 18.1 Å². The summed E-state index contributed by atoms with van der Waals surface area (Å²) in [7, 11) is 0. The third-order valence-corrected chi connectivity index (χ3v) is 3.95. The van der Waals surface area contributed by atoms with Gasteiger partial charge in [0.2, 0.25) is 0 Å². The summed E-state index contributed by atoms with van der Waals surface area (Å²) < 4.78 is 5.85. The second-order valence-electron chi connectivity index (χ2n) is 5.56. The van der Waals surface area contributed by atoms with E-state index in [1.165, 1.54) is 0 Å². The molecule has 0 amide bonds. The second kappa shape index (κ2) is 6.22. The van der Waals surface area contributed by atoms with Gasteiger partial charge in [-0.25, -0.2) is 0 Å². The largest absolute Gasteiger partial charge is 0.493 e. The molecule has 112 valence electrons. The molecule has 0 unspecified atom stereocenters. The molecule has 0 aliphatic rings. The fourth-order valence-corrected chi connectivity index (χ4v) is 2.27. The van der Waals surface area contributed by atoms with Crippen molar-refractivity contribution in [3.63, 3.8) is 0 Å². The van der Waals surface area contributed by atoms with Gasteiger partial charge >= 0.3 is 0 Å². The lowest BCUT2D eigenvalue weighted by molar-refractivity contribution is 0.261. The smallest absolute Gasteiger partial charge is 0.144 e. The van der Waals surface area contributed by atoms with Crippen molar-refractivity contribution in [1.82, 2.24) is 0 Å². The number of hydrogen-bond donors (Lipinski definition) is 2. The van der Waals surface area contributed by atoms with Gasteiger partial charge in [-0.05, 0) is 18.6 Å². The molecule has 2 aromatic carbocycles. The summed E-state index contributed by atoms with van der Waals surface area (Å²) in [6.45, 7) is 4.28. The molecule has 2 aromatic rings. The van der Waals surface area contributed by atoms with E-state index in [0.717, 1.165) is 16.5 Å². The van der Waals surface area contributed by atoms with Crippen LogP contribution < -0.4 is 10.5 Å². The van der Waals surface area contributed by atoms with E-state index in [2.05, 4.69) is 5.16 Å². The molecule has 0 heterocycles. The summed E-state index contributed by atoms with van der Waals surface area (Å²) in [5, 5.41) is 14.5. The van der Waals surface area contributed by atoms with Gasteiger partial charge in [-0.3, -0.25) is 0 Å². The Bertz CT molecular complexity index is 668. The first-order valence-corrected chi connectivity index (χ1v) is 7.11. The van der Waals surface area contributed by atoms with Gasteiger partial charge in [0.15, 0.2) is 0 Å². The van der Waals surface area contributed by atoms with Gasteiger partial charge in [-0.2, -0.15) is 0 Å². The maximum absolute atomic E-state index is 8.77. The van der Waals surface area contributed by atoms with Gasteiger partial charge in [0.05, 0.1) is 6.61 Å². The summed E-state index contributed by atoms with van der Waals surface area (Å²) in [5.41, 5.74) is 5.25. The lowest BCUT2D eigenvalue weighted by Gasteiger charge is -2.22. The number of hydrogen-bond acceptors (Lipinski definition) is 3. The SMILES string of the molecule is CC(C)(CCOc1ccc(Cl)c2ccccc12)C(N)=NO. The van der Waals surface area contributed by atoms with Crippen LogP contribution in [0.5, 0.6) is 5.75 Å². The average molecular weight is 307 g/mol. The summed E-state index contributed by atoms with van der Waals surface area (Å²) in [5.74, 6) is 0.984. The van der Waals surface area contributed by atoms with Crippen LogP contribution in [0.15, 0.2) is 41.6 Å². The predicted octanol–water partition coefficient (Wildman–Crippen LogP) is 4.03. The molecule has 0 fully saturated rings. The molecule has 0 aliphatic heterocycles. The molecule has 2 rings (SSSR count). The first-order valence-electron chi connectivity index (χ1n) is 6.74. The van der Waals surface area contributed by atoms with Gasteiger partial charge in [-0.15, -0.1) is 0 Å². The monoisotopic (exact) mass is 306 g/mol. The number of amidine groups is 1. The van der Waals surface area contributed by atoms with E-state index in [-0.39, 0.29) is 5.84 Å². The molecule has 0 spiro atoms. The zero-order valence-electron chi connectivity index (χ0n) is 12.1. The normalized spacial score (nSPS) is 12.6. The molecule has 5 heteroatoms. The van der Waals surface area contributed by atoms with Crippen LogP contribution >= 0.6 is 11.6 Å². The Kier molecular flexibility index (Phi) is 4.58. The number of halogens is 1. The van der Waals surface area contributed by atoms with E-state index >= 15 is 0 Å². The molecule has 0 atom stereocenters. The Balaban J connectivity index is 2.13. The van der Waals surface area contributed by atoms with Crippen LogP contribution in [-0.4, -0.2) is 17.6 Å². The van der Waals surface area contributed by atoms with Gasteiger partial charge in [-0.1, -0.05) is 54.9 Å². The number of nitrogens with two attached hydrogens (primary N) is 1. The minimum atomic E-state index is -0.420. The predicted molar refractivity (Wildman–Crippen MR) is 86.3 cm³/mol. The van der Waals surface area contributed by atoms with Crippen LogP contribution in [0, 0.1) is 5.41 Å². The van der Waals surface area contributed by atoms with E-state index in [9.17, 15) is 0 Å². The minimum Gasteiger partial charge on any atom is -0.493 e. The molecule has 0 saturated carbocycles. The van der Waals surface area contributed by atoms with E-state index in [1.807, 2.05) is 50.2 Å². The van der Waals surface area contributed by atoms with Crippen LogP contribution in [0.25, 0.3) is 10.8 Å². The summed E-state index contributed by atoms with van der Waals surface area (Å²) >= 11 is 6.18. The standard InChI is InChI=1S/C16H19ClN2O2/c1-16(2,15(18)19-20)9-10-21-14-8-7-13(17)11-5-3-4-6-12(11)14/h3-8,20H,9-10H2,1-2H3,(H2,18,19). The van der Waals surface area contributed by atoms with Crippen LogP contribution in [0.1, 0.15) is 20.3 Å². The van der Waals surface area contributed by atoms with Gasteiger partial charge in [0.25, 0.3) is 0 Å². The highest BCUT2D eigenvalue weighted by molar-refractivity contribution is 6.35. The Labute approximate surface area is 129 Å². The Morgan fingerprint density at radius 1 is 1.24 bits per heavy atom. The number of rotatable bonds is 5. The van der Waals surface area contributed by atoms with Crippen LogP contribution in [-0.2, 0) is 0 Å². The molecule has 4 nitrogen and oxygen atoms in total. The van der Waals surface area contributed by atoms with Gasteiger partial charge in [0.1, 0.15) is 11.6 Å². The van der Waals surface area contributed by atoms with Crippen molar-refractivity contribution < 1.29 is 9.94 Å². The summed E-state index contributed by atoms with van der Waals surface area (Å²) in [6.07, 6.45) is 0.639. The van der Waals surface area contributed by atoms with Crippen molar-refractivity contribution in [3.8, 4) is 5.75 Å². The van der Waals surface area contributed by atoms with Crippen LogP contribution in [0.4, 0.5) is 0 Å². The maximum atomic E-state index is 8.77. The zero-order valence-corrected chi connectivity index (χ0v) is 12.9. The Hall–Kier alpha value is -1.94. The first kappa shape index (κ1) is 15.4. The van der Waals surface area contributed by atoms with Crippen LogP contribution in [0.3, 0.4) is 0 Å². The van der Waals surface area contributed by atoms with E-state index < -0.39 is 5.41 Å². The van der Waals surface area contributed by atoms with Gasteiger partial charge < -0.3 is 15.7 Å². The third-order valence-electron chi connectivity index (χ3n) is 3.62. The highest BCUT2D eigenvalue weighted by Crippen LogP contribution is 2.31. The lowest BCUT2D eigenvalue weighted by Crippen LogP contribution is -2.33. The topological polar surface area (TPSA) is 67.8 Å². The molecule has 0 aromatic heterocycles. The van der Waals surface area contributed by atoms with Crippen molar-refractivity contribution >= 4 is 28.2 Å². The summed E-state index contributed by atoms with van der Waals surface area (Å²) in [4.78, 5) is 0. The van der Waals surface area contributed by atoms with Crippen LogP contribution in [0.2, 0.25) is 5.02 Å². The number of fused-ring (bicyclic) bond motifs is 1. The lowest BCUT2D eigenvalue weighted by atomic mass is 9.88. The molecule has 0 aliphatic carbocycles. The van der Waals surface area contributed by atoms with E-state index in [1.54, 1.807) is 0 Å². The number of benzene rings is 2. The van der Waals surface area contributed by atoms with E-state index in [4.69, 9.17) is 27.3 Å². The molecule has 0 bridgehead atoms. The van der Waals surface area contributed by atoms with Crippen molar-refractivity contribution in [2.45, 2.75) is 20.3 Å². The summed E-state index contributed by atoms with van der Waals surface area (Å²) in [6, 6.07) is 11.5. The molecular weight excluding hydrogens is 288 g/mol. The highest BCUT2D eigenvalue weighted by atomic mass is 35.5. The molecular formula is C16H19ClN2O2. The molecule has 21 heavy (non-hydrogen) atoms. The number of oxime groups is 1. The highest BCUT2D eigenvalue weighted by Gasteiger charge is 2.23. The Morgan fingerprint density at radius 3 is 2.57 bits per heavy atom. The molecule has 0 saturated heterocycles. The maximum Gasteiger partial charge on any atom is 0.144 e. The zero-order chi connectivity index (χ0) is 15.5. The fourth-order valence-electron chi connectivity index (χ4n) is 2.04. The number of ether oxygens (including phenoxy) is 1. The van der Waals surface area contributed by atoms with Crippen molar-refractivity contribution in [1.29, 1.82) is 0 Å². The fraction of sp³-hybridized carbons (Fsp3) is 0.312. The second-order valence-corrected chi connectivity index (χ2v) is 5.97. The quantitative estimate of drug-likeness (QED) is 0.379.